The normalized spacial score (nSPS) is 23.3. The number of amides is 1. The van der Waals surface area contributed by atoms with Crippen molar-refractivity contribution in [3.8, 4) is 0 Å². The lowest BCUT2D eigenvalue weighted by Gasteiger charge is -2.35. The van der Waals surface area contributed by atoms with E-state index in [4.69, 9.17) is 14.2 Å². The van der Waals surface area contributed by atoms with Gasteiger partial charge < -0.3 is 24.8 Å². The van der Waals surface area contributed by atoms with Gasteiger partial charge in [0.2, 0.25) is 5.91 Å². The van der Waals surface area contributed by atoms with E-state index in [0.29, 0.717) is 26.4 Å². The van der Waals surface area contributed by atoms with Gasteiger partial charge in [-0.3, -0.25) is 4.79 Å². The van der Waals surface area contributed by atoms with E-state index in [2.05, 4.69) is 10.6 Å². The number of nitrogens with one attached hydrogen (secondary N) is 2. The second-order valence-electron chi connectivity index (χ2n) is 6.28. The van der Waals surface area contributed by atoms with Crippen LogP contribution in [0, 0.1) is 5.41 Å². The summed E-state index contributed by atoms with van der Waals surface area (Å²) in [4.78, 5) is 12.5. The van der Waals surface area contributed by atoms with Gasteiger partial charge in [0, 0.05) is 26.9 Å². The molecule has 23 heavy (non-hydrogen) atoms. The third-order valence-electron chi connectivity index (χ3n) is 4.54. The molecule has 6 nitrogen and oxygen atoms in total. The molecule has 0 aliphatic carbocycles. The van der Waals surface area contributed by atoms with Crippen molar-refractivity contribution in [2.75, 3.05) is 53.2 Å². The van der Waals surface area contributed by atoms with Gasteiger partial charge in [-0.25, -0.2) is 0 Å². The number of carbonyl (C=O) groups excluding carboxylic acids is 1. The average Bonchev–Trinajstić information content (AvgIpc) is 3.05. The molecule has 0 radical (unpaired) electrons. The minimum Gasteiger partial charge on any atom is -0.384 e. The molecule has 2 aliphatic rings. The van der Waals surface area contributed by atoms with Crippen molar-refractivity contribution in [3.05, 3.63) is 0 Å². The maximum Gasteiger partial charge on any atom is 0.228 e. The van der Waals surface area contributed by atoms with Crippen LogP contribution in [0.2, 0.25) is 0 Å². The van der Waals surface area contributed by atoms with E-state index in [-0.39, 0.29) is 29.8 Å². The van der Waals surface area contributed by atoms with Gasteiger partial charge in [-0.05, 0) is 45.2 Å². The maximum absolute atomic E-state index is 12.5. The average molecular weight is 351 g/mol. The summed E-state index contributed by atoms with van der Waals surface area (Å²) < 4.78 is 16.4. The standard InChI is InChI=1S/C16H30N2O4.ClH/c1-20-13-16(5-8-17-9-6-16)15(19)18-7-3-10-21-12-14-4-2-11-22-14;/h14,17H,2-13H2,1H3,(H,18,19);1H. The van der Waals surface area contributed by atoms with Gasteiger partial charge in [-0.1, -0.05) is 0 Å². The zero-order chi connectivity index (χ0) is 15.7. The Kier molecular flexibility index (Phi) is 10.1. The van der Waals surface area contributed by atoms with E-state index < -0.39 is 0 Å². The van der Waals surface area contributed by atoms with E-state index in [1.807, 2.05) is 0 Å². The second kappa shape index (κ2) is 11.2. The summed E-state index contributed by atoms with van der Waals surface area (Å²) in [6.45, 7) is 5.11. The van der Waals surface area contributed by atoms with Crippen LogP contribution >= 0.6 is 12.4 Å². The zero-order valence-electron chi connectivity index (χ0n) is 14.1. The number of hydrogen-bond donors (Lipinski definition) is 2. The molecule has 2 rings (SSSR count). The molecule has 0 aromatic heterocycles. The Labute approximate surface area is 145 Å². The Morgan fingerprint density at radius 2 is 2.17 bits per heavy atom. The topological polar surface area (TPSA) is 68.8 Å². The van der Waals surface area contributed by atoms with Crippen molar-refractivity contribution in [2.45, 2.75) is 38.2 Å². The van der Waals surface area contributed by atoms with Crippen molar-refractivity contribution in [1.82, 2.24) is 10.6 Å². The molecule has 0 aromatic carbocycles. The fraction of sp³-hybridized carbons (Fsp3) is 0.938. The van der Waals surface area contributed by atoms with Crippen LogP contribution < -0.4 is 10.6 Å². The Bertz CT molecular complexity index is 327. The Morgan fingerprint density at radius 3 is 2.83 bits per heavy atom. The van der Waals surface area contributed by atoms with Gasteiger partial charge in [-0.15, -0.1) is 12.4 Å². The van der Waals surface area contributed by atoms with E-state index in [0.717, 1.165) is 51.8 Å². The number of carbonyl (C=O) groups is 1. The summed E-state index contributed by atoms with van der Waals surface area (Å²) in [5.41, 5.74) is -0.363. The molecule has 2 saturated heterocycles. The third kappa shape index (κ3) is 6.55. The minimum atomic E-state index is -0.363. The van der Waals surface area contributed by atoms with Crippen LogP contribution in [0.1, 0.15) is 32.1 Å². The molecular formula is C16H31ClN2O4. The van der Waals surface area contributed by atoms with Crippen LogP contribution in [0.4, 0.5) is 0 Å². The molecule has 1 unspecified atom stereocenters. The summed E-state index contributed by atoms with van der Waals surface area (Å²) in [5.74, 6) is 0.120. The van der Waals surface area contributed by atoms with Crippen LogP contribution in [0.3, 0.4) is 0 Å². The molecule has 0 saturated carbocycles. The first-order valence-electron chi connectivity index (χ1n) is 8.44. The first-order valence-corrected chi connectivity index (χ1v) is 8.44. The molecule has 1 atom stereocenters. The highest BCUT2D eigenvalue weighted by atomic mass is 35.5. The smallest absolute Gasteiger partial charge is 0.228 e. The molecule has 0 spiro atoms. The van der Waals surface area contributed by atoms with Crippen molar-refractivity contribution in [1.29, 1.82) is 0 Å². The largest absolute Gasteiger partial charge is 0.384 e. The highest BCUT2D eigenvalue weighted by Crippen LogP contribution is 2.29. The first-order chi connectivity index (χ1) is 10.8. The summed E-state index contributed by atoms with van der Waals surface area (Å²) in [6, 6.07) is 0. The number of ether oxygens (including phenoxy) is 3. The summed E-state index contributed by atoms with van der Waals surface area (Å²) in [7, 11) is 1.66. The Hall–Kier alpha value is -0.400. The highest BCUT2D eigenvalue weighted by Gasteiger charge is 2.39. The number of hydrogen-bond acceptors (Lipinski definition) is 5. The molecular weight excluding hydrogens is 320 g/mol. The molecule has 2 aliphatic heterocycles. The zero-order valence-corrected chi connectivity index (χ0v) is 14.9. The molecule has 2 fully saturated rings. The number of rotatable bonds is 9. The van der Waals surface area contributed by atoms with Gasteiger partial charge in [0.25, 0.3) is 0 Å². The summed E-state index contributed by atoms with van der Waals surface area (Å²) >= 11 is 0. The van der Waals surface area contributed by atoms with E-state index in [1.165, 1.54) is 0 Å². The fourth-order valence-corrected chi connectivity index (χ4v) is 3.17. The van der Waals surface area contributed by atoms with E-state index in [1.54, 1.807) is 7.11 Å². The van der Waals surface area contributed by atoms with Gasteiger partial charge in [0.05, 0.1) is 24.7 Å². The predicted octanol–water partition coefficient (Wildman–Crippen LogP) is 1.13. The molecule has 136 valence electrons. The van der Waals surface area contributed by atoms with Gasteiger partial charge >= 0.3 is 0 Å². The molecule has 0 bridgehead atoms. The lowest BCUT2D eigenvalue weighted by atomic mass is 9.78. The molecule has 7 heteroatoms. The Morgan fingerprint density at radius 1 is 1.39 bits per heavy atom. The molecule has 2 N–H and O–H groups in total. The molecule has 1 amide bonds. The fourth-order valence-electron chi connectivity index (χ4n) is 3.17. The first kappa shape index (κ1) is 20.6. The second-order valence-corrected chi connectivity index (χ2v) is 6.28. The predicted molar refractivity (Wildman–Crippen MR) is 91.1 cm³/mol. The van der Waals surface area contributed by atoms with Crippen molar-refractivity contribution >= 4 is 18.3 Å². The van der Waals surface area contributed by atoms with Crippen LogP contribution in [-0.4, -0.2) is 65.2 Å². The maximum atomic E-state index is 12.5. The van der Waals surface area contributed by atoms with Crippen LogP contribution in [0.15, 0.2) is 0 Å². The quantitative estimate of drug-likeness (QED) is 0.610. The third-order valence-corrected chi connectivity index (χ3v) is 4.54. The van der Waals surface area contributed by atoms with Gasteiger partial charge in [0.1, 0.15) is 0 Å². The summed E-state index contributed by atoms with van der Waals surface area (Å²) in [6.07, 6.45) is 5.02. The minimum absolute atomic E-state index is 0. The van der Waals surface area contributed by atoms with Crippen LogP contribution in [-0.2, 0) is 19.0 Å². The van der Waals surface area contributed by atoms with Crippen molar-refractivity contribution < 1.29 is 19.0 Å². The van der Waals surface area contributed by atoms with E-state index >= 15 is 0 Å². The van der Waals surface area contributed by atoms with E-state index in [9.17, 15) is 4.79 Å². The lowest BCUT2D eigenvalue weighted by Crippen LogP contribution is -2.50. The Balaban J connectivity index is 0.00000264. The SMILES string of the molecule is COCC1(C(=O)NCCCOCC2CCCO2)CCNCC1.Cl. The number of piperidine rings is 1. The van der Waals surface area contributed by atoms with Crippen LogP contribution in [0.25, 0.3) is 0 Å². The molecule has 0 aromatic rings. The van der Waals surface area contributed by atoms with Crippen molar-refractivity contribution in [3.63, 3.8) is 0 Å². The monoisotopic (exact) mass is 350 g/mol. The van der Waals surface area contributed by atoms with Gasteiger partial charge in [-0.2, -0.15) is 0 Å². The van der Waals surface area contributed by atoms with Crippen LogP contribution in [0.5, 0.6) is 0 Å². The highest BCUT2D eigenvalue weighted by molar-refractivity contribution is 5.85. The number of halogens is 1. The molecule has 2 heterocycles. The number of methoxy groups -OCH3 is 1. The summed E-state index contributed by atoms with van der Waals surface area (Å²) in [5, 5.41) is 6.34. The van der Waals surface area contributed by atoms with Crippen molar-refractivity contribution in [2.24, 2.45) is 5.41 Å². The van der Waals surface area contributed by atoms with Gasteiger partial charge in [0.15, 0.2) is 0 Å². The lowest BCUT2D eigenvalue weighted by molar-refractivity contribution is -0.136.